The third-order valence-electron chi connectivity index (χ3n) is 3.06. The predicted octanol–water partition coefficient (Wildman–Crippen LogP) is 1.74. The summed E-state index contributed by atoms with van der Waals surface area (Å²) in [6.45, 7) is 1.30. The largest absolute Gasteiger partial charge is 0.370 e. The maximum Gasteiger partial charge on any atom is 0.110 e. The van der Waals surface area contributed by atoms with Crippen molar-refractivity contribution in [3.05, 3.63) is 0 Å². The van der Waals surface area contributed by atoms with Crippen LogP contribution in [0, 0.1) is 12.3 Å². The van der Waals surface area contributed by atoms with Gasteiger partial charge in [0.2, 0.25) is 0 Å². The molecule has 0 radical (unpaired) electrons. The van der Waals surface area contributed by atoms with Gasteiger partial charge in [0.25, 0.3) is 0 Å². The summed E-state index contributed by atoms with van der Waals surface area (Å²) in [5, 5.41) is 0. The van der Waals surface area contributed by atoms with Crippen LogP contribution in [0.1, 0.15) is 32.1 Å². The van der Waals surface area contributed by atoms with Crippen molar-refractivity contribution in [1.29, 1.82) is 0 Å². The minimum Gasteiger partial charge on any atom is -0.370 e. The lowest BCUT2D eigenvalue weighted by Gasteiger charge is -2.35. The quantitative estimate of drug-likeness (QED) is 0.487. The molecule has 0 aromatic carbocycles. The lowest BCUT2D eigenvalue weighted by Crippen LogP contribution is -2.41. The molecule has 0 amide bonds. The van der Waals surface area contributed by atoms with Crippen LogP contribution in [0.25, 0.3) is 0 Å². The van der Waals surface area contributed by atoms with Crippen LogP contribution in [0.3, 0.4) is 0 Å². The van der Waals surface area contributed by atoms with E-state index in [1.165, 1.54) is 19.3 Å². The van der Waals surface area contributed by atoms with E-state index >= 15 is 0 Å². The Hall–Kier alpha value is -0.520. The van der Waals surface area contributed by atoms with Gasteiger partial charge in [0.1, 0.15) is 12.7 Å². The molecule has 2 nitrogen and oxygen atoms in total. The molecule has 0 aromatic heterocycles. The molecule has 0 N–H and O–H groups in total. The van der Waals surface area contributed by atoms with E-state index in [1.807, 2.05) is 0 Å². The first-order valence-electron chi connectivity index (χ1n) is 5.06. The fraction of sp³-hybridized carbons (Fsp3) is 0.818. The monoisotopic (exact) mass is 180 g/mol. The van der Waals surface area contributed by atoms with Gasteiger partial charge in [0.15, 0.2) is 0 Å². The summed E-state index contributed by atoms with van der Waals surface area (Å²) in [7, 11) is 0. The summed E-state index contributed by atoms with van der Waals surface area (Å²) >= 11 is 0. The van der Waals surface area contributed by atoms with Gasteiger partial charge in [0.05, 0.1) is 12.2 Å². The molecule has 1 atom stereocenters. The summed E-state index contributed by atoms with van der Waals surface area (Å²) in [5.74, 6) is 2.54. The van der Waals surface area contributed by atoms with Crippen molar-refractivity contribution in [2.45, 2.75) is 43.8 Å². The van der Waals surface area contributed by atoms with Crippen LogP contribution in [0.4, 0.5) is 0 Å². The van der Waals surface area contributed by atoms with Crippen LogP contribution in [0.5, 0.6) is 0 Å². The molecule has 13 heavy (non-hydrogen) atoms. The highest BCUT2D eigenvalue weighted by Crippen LogP contribution is 2.40. The van der Waals surface area contributed by atoms with Crippen LogP contribution in [-0.2, 0) is 9.47 Å². The van der Waals surface area contributed by atoms with Gasteiger partial charge in [-0.2, -0.15) is 0 Å². The van der Waals surface area contributed by atoms with Crippen molar-refractivity contribution >= 4 is 0 Å². The van der Waals surface area contributed by atoms with Crippen molar-refractivity contribution in [3.8, 4) is 12.3 Å². The molecule has 0 spiro atoms. The molecule has 2 aliphatic rings. The van der Waals surface area contributed by atoms with Crippen molar-refractivity contribution in [1.82, 2.24) is 0 Å². The van der Waals surface area contributed by atoms with E-state index in [0.29, 0.717) is 12.7 Å². The average molecular weight is 180 g/mol. The molecular formula is C11H16O2. The molecule has 1 saturated heterocycles. The molecule has 0 bridgehead atoms. The Bertz CT molecular complexity index is 207. The number of rotatable bonds is 3. The second kappa shape index (κ2) is 3.69. The van der Waals surface area contributed by atoms with Gasteiger partial charge in [-0.15, -0.1) is 6.42 Å². The Morgan fingerprint density at radius 2 is 2.08 bits per heavy atom. The smallest absolute Gasteiger partial charge is 0.110 e. The topological polar surface area (TPSA) is 21.8 Å². The second-order valence-corrected chi connectivity index (χ2v) is 3.94. The van der Waals surface area contributed by atoms with E-state index in [2.05, 4.69) is 5.92 Å². The van der Waals surface area contributed by atoms with Crippen LogP contribution >= 0.6 is 0 Å². The van der Waals surface area contributed by atoms with Gasteiger partial charge in [0, 0.05) is 0 Å². The standard InChI is InChI=1S/C11H16O2/c1-2-8-13-11(10-9-12-10)6-4-3-5-7-11/h1,10H,3-9H2. The summed E-state index contributed by atoms with van der Waals surface area (Å²) in [5.41, 5.74) is -0.0232. The zero-order valence-corrected chi connectivity index (χ0v) is 7.92. The number of epoxide rings is 1. The predicted molar refractivity (Wildman–Crippen MR) is 50.3 cm³/mol. The van der Waals surface area contributed by atoms with E-state index in [-0.39, 0.29) is 5.60 Å². The van der Waals surface area contributed by atoms with Gasteiger partial charge in [-0.1, -0.05) is 25.2 Å². The van der Waals surface area contributed by atoms with Gasteiger partial charge in [-0.25, -0.2) is 0 Å². The Morgan fingerprint density at radius 1 is 1.38 bits per heavy atom. The zero-order valence-electron chi connectivity index (χ0n) is 7.92. The first-order chi connectivity index (χ1) is 6.37. The molecular weight excluding hydrogens is 164 g/mol. The third-order valence-corrected chi connectivity index (χ3v) is 3.06. The minimum atomic E-state index is -0.0232. The Balaban J connectivity index is 1.96. The fourth-order valence-corrected chi connectivity index (χ4v) is 2.25. The van der Waals surface area contributed by atoms with Crippen LogP contribution in [-0.4, -0.2) is 24.9 Å². The SMILES string of the molecule is C#CCOC1(C2CO2)CCCCC1. The van der Waals surface area contributed by atoms with E-state index in [9.17, 15) is 0 Å². The normalized spacial score (nSPS) is 30.8. The third kappa shape index (κ3) is 1.87. The van der Waals surface area contributed by atoms with Crippen molar-refractivity contribution in [3.63, 3.8) is 0 Å². The fourth-order valence-electron chi connectivity index (χ4n) is 2.25. The number of terminal acetylenes is 1. The lowest BCUT2D eigenvalue weighted by molar-refractivity contribution is -0.0731. The highest BCUT2D eigenvalue weighted by Gasteiger charge is 2.48. The van der Waals surface area contributed by atoms with Crippen molar-refractivity contribution in [2.24, 2.45) is 0 Å². The van der Waals surface area contributed by atoms with E-state index in [4.69, 9.17) is 15.9 Å². The highest BCUT2D eigenvalue weighted by atomic mass is 16.6. The molecule has 2 rings (SSSR count). The number of hydrogen-bond donors (Lipinski definition) is 0. The maximum atomic E-state index is 5.78. The first kappa shape index (κ1) is 9.05. The minimum absolute atomic E-state index is 0.0232. The zero-order chi connectivity index (χ0) is 9.15. The number of hydrogen-bond acceptors (Lipinski definition) is 2. The molecule has 1 unspecified atom stereocenters. The van der Waals surface area contributed by atoms with Gasteiger partial charge < -0.3 is 9.47 Å². The van der Waals surface area contributed by atoms with E-state index in [1.54, 1.807) is 0 Å². The van der Waals surface area contributed by atoms with Gasteiger partial charge >= 0.3 is 0 Å². The van der Waals surface area contributed by atoms with E-state index in [0.717, 1.165) is 19.4 Å². The highest BCUT2D eigenvalue weighted by molar-refractivity contribution is 4.99. The molecule has 72 valence electrons. The lowest BCUT2D eigenvalue weighted by atomic mass is 9.82. The van der Waals surface area contributed by atoms with Crippen LogP contribution in [0.2, 0.25) is 0 Å². The molecule has 2 heteroatoms. The summed E-state index contributed by atoms with van der Waals surface area (Å²) in [6.07, 6.45) is 11.6. The summed E-state index contributed by atoms with van der Waals surface area (Å²) < 4.78 is 11.1. The summed E-state index contributed by atoms with van der Waals surface area (Å²) in [6, 6.07) is 0. The second-order valence-electron chi connectivity index (χ2n) is 3.94. The van der Waals surface area contributed by atoms with Crippen LogP contribution in [0.15, 0.2) is 0 Å². The molecule has 1 aliphatic carbocycles. The molecule has 2 fully saturated rings. The van der Waals surface area contributed by atoms with Crippen molar-refractivity contribution < 1.29 is 9.47 Å². The maximum absolute atomic E-state index is 5.78. The first-order valence-corrected chi connectivity index (χ1v) is 5.06. The number of ether oxygens (including phenoxy) is 2. The van der Waals surface area contributed by atoms with E-state index < -0.39 is 0 Å². The van der Waals surface area contributed by atoms with Crippen LogP contribution < -0.4 is 0 Å². The Kier molecular flexibility index (Phi) is 2.57. The molecule has 1 saturated carbocycles. The van der Waals surface area contributed by atoms with Crippen molar-refractivity contribution in [2.75, 3.05) is 13.2 Å². The molecule has 0 aromatic rings. The average Bonchev–Trinajstić information content (AvgIpc) is 3.00. The van der Waals surface area contributed by atoms with Gasteiger partial charge in [-0.3, -0.25) is 0 Å². The Labute approximate surface area is 79.6 Å². The Morgan fingerprint density at radius 3 is 2.62 bits per heavy atom. The van der Waals surface area contributed by atoms with Gasteiger partial charge in [-0.05, 0) is 12.8 Å². The molecule has 1 heterocycles. The molecule has 1 aliphatic heterocycles. The summed E-state index contributed by atoms with van der Waals surface area (Å²) in [4.78, 5) is 0.